The highest BCUT2D eigenvalue weighted by molar-refractivity contribution is 5.99. The second-order valence-corrected chi connectivity index (χ2v) is 7.94. The molecule has 2 aromatic carbocycles. The summed E-state index contributed by atoms with van der Waals surface area (Å²) in [6.45, 7) is 9.31. The molecule has 2 aliphatic rings. The molecule has 6 nitrogen and oxygen atoms in total. The van der Waals surface area contributed by atoms with E-state index in [1.807, 2.05) is 58.3 Å². The number of amides is 2. The lowest BCUT2D eigenvalue weighted by Gasteiger charge is -2.34. The second-order valence-electron chi connectivity index (χ2n) is 7.94. The molecule has 0 aromatic heterocycles. The van der Waals surface area contributed by atoms with Gasteiger partial charge in [-0.1, -0.05) is 38.1 Å². The van der Waals surface area contributed by atoms with E-state index < -0.39 is 0 Å². The fraction of sp³-hybridized carbons (Fsp3) is 0.417. The summed E-state index contributed by atoms with van der Waals surface area (Å²) in [6, 6.07) is 15.4. The molecule has 6 heteroatoms. The van der Waals surface area contributed by atoms with Gasteiger partial charge in [0.15, 0.2) is 0 Å². The summed E-state index contributed by atoms with van der Waals surface area (Å²) in [5, 5.41) is 3.50. The number of nitrogens with zero attached hydrogens (tertiary/aromatic N) is 3. The van der Waals surface area contributed by atoms with Crippen LogP contribution in [-0.4, -0.2) is 65.8 Å². The number of carbonyl (C=O) groups is 2. The third-order valence-corrected chi connectivity index (χ3v) is 6.04. The maximum Gasteiger partial charge on any atom is 0.256 e. The van der Waals surface area contributed by atoms with Crippen LogP contribution in [0.15, 0.2) is 48.5 Å². The molecule has 1 saturated heterocycles. The van der Waals surface area contributed by atoms with Crippen LogP contribution in [-0.2, 0) is 0 Å². The number of anilines is 1. The normalized spacial score (nSPS) is 19.1. The van der Waals surface area contributed by atoms with E-state index in [1.165, 1.54) is 0 Å². The molecule has 2 amide bonds. The summed E-state index contributed by atoms with van der Waals surface area (Å²) in [5.41, 5.74) is 3.28. The average Bonchev–Trinajstić information content (AvgIpc) is 3.05. The lowest BCUT2D eigenvalue weighted by Crippen LogP contribution is -2.48. The van der Waals surface area contributed by atoms with Crippen molar-refractivity contribution in [2.45, 2.75) is 26.4 Å². The Hall–Kier alpha value is -2.86. The first-order valence-electron chi connectivity index (χ1n) is 10.9. The van der Waals surface area contributed by atoms with E-state index in [9.17, 15) is 9.59 Å². The van der Waals surface area contributed by atoms with Crippen LogP contribution in [0.3, 0.4) is 0 Å². The number of piperazine rings is 1. The molecule has 2 aliphatic heterocycles. The quantitative estimate of drug-likeness (QED) is 0.799. The van der Waals surface area contributed by atoms with Crippen LogP contribution in [0.25, 0.3) is 0 Å². The standard InChI is InChI=1S/C24H30N4O2/c1-3-12-28-22(20-10-5-6-11-21(20)24(28)30)25-19-9-7-8-18(17-19)23(29)27-15-13-26(4-2)14-16-27/h5-11,17,22,25H,3-4,12-16H2,1-2H3/t22-/m1/s1. The average molecular weight is 407 g/mol. The molecular formula is C24H30N4O2. The summed E-state index contributed by atoms with van der Waals surface area (Å²) in [7, 11) is 0. The lowest BCUT2D eigenvalue weighted by molar-refractivity contribution is 0.0642. The van der Waals surface area contributed by atoms with Crippen molar-refractivity contribution in [3.8, 4) is 0 Å². The van der Waals surface area contributed by atoms with Gasteiger partial charge in [0.2, 0.25) is 0 Å². The predicted molar refractivity (Wildman–Crippen MR) is 119 cm³/mol. The monoisotopic (exact) mass is 406 g/mol. The number of nitrogens with one attached hydrogen (secondary N) is 1. The van der Waals surface area contributed by atoms with Crippen molar-refractivity contribution < 1.29 is 9.59 Å². The molecule has 0 radical (unpaired) electrons. The van der Waals surface area contributed by atoms with E-state index in [2.05, 4.69) is 24.1 Å². The Morgan fingerprint density at radius 1 is 1.03 bits per heavy atom. The van der Waals surface area contributed by atoms with E-state index >= 15 is 0 Å². The molecule has 0 aliphatic carbocycles. The Kier molecular flexibility index (Phi) is 6.04. The third kappa shape index (κ3) is 3.92. The van der Waals surface area contributed by atoms with Crippen molar-refractivity contribution in [1.29, 1.82) is 0 Å². The first kappa shape index (κ1) is 20.4. The smallest absolute Gasteiger partial charge is 0.256 e. The summed E-state index contributed by atoms with van der Waals surface area (Å²) < 4.78 is 0. The van der Waals surface area contributed by atoms with Crippen LogP contribution in [0.1, 0.15) is 52.7 Å². The molecule has 158 valence electrons. The van der Waals surface area contributed by atoms with Crippen molar-refractivity contribution in [3.05, 3.63) is 65.2 Å². The molecular weight excluding hydrogens is 376 g/mol. The molecule has 2 heterocycles. The third-order valence-electron chi connectivity index (χ3n) is 6.04. The summed E-state index contributed by atoms with van der Waals surface area (Å²) in [5.74, 6) is 0.133. The van der Waals surface area contributed by atoms with Gasteiger partial charge in [-0.15, -0.1) is 0 Å². The fourth-order valence-corrected chi connectivity index (χ4v) is 4.35. The molecule has 1 N–H and O–H groups in total. The maximum absolute atomic E-state index is 13.0. The van der Waals surface area contributed by atoms with Gasteiger partial charge in [-0.3, -0.25) is 9.59 Å². The maximum atomic E-state index is 13.0. The van der Waals surface area contributed by atoms with Crippen LogP contribution >= 0.6 is 0 Å². The Morgan fingerprint density at radius 2 is 1.80 bits per heavy atom. The van der Waals surface area contributed by atoms with Gasteiger partial charge in [-0.05, 0) is 37.2 Å². The first-order valence-corrected chi connectivity index (χ1v) is 10.9. The highest BCUT2D eigenvalue weighted by Gasteiger charge is 2.35. The molecule has 0 bridgehead atoms. The number of hydrogen-bond donors (Lipinski definition) is 1. The van der Waals surface area contributed by atoms with Gasteiger partial charge in [0.05, 0.1) is 0 Å². The van der Waals surface area contributed by atoms with Gasteiger partial charge in [-0.2, -0.15) is 0 Å². The highest BCUT2D eigenvalue weighted by Crippen LogP contribution is 2.34. The zero-order chi connectivity index (χ0) is 21.1. The Morgan fingerprint density at radius 3 is 2.53 bits per heavy atom. The number of rotatable bonds is 6. The van der Waals surface area contributed by atoms with E-state index in [4.69, 9.17) is 0 Å². The fourth-order valence-electron chi connectivity index (χ4n) is 4.35. The van der Waals surface area contributed by atoms with Gasteiger partial charge in [0.1, 0.15) is 6.17 Å². The summed E-state index contributed by atoms with van der Waals surface area (Å²) >= 11 is 0. The van der Waals surface area contributed by atoms with Crippen LogP contribution in [0, 0.1) is 0 Å². The van der Waals surface area contributed by atoms with Crippen molar-refractivity contribution in [2.24, 2.45) is 0 Å². The number of fused-ring (bicyclic) bond motifs is 1. The Bertz CT molecular complexity index is 921. The lowest BCUT2D eigenvalue weighted by atomic mass is 10.1. The second kappa shape index (κ2) is 8.88. The van der Waals surface area contributed by atoms with Crippen LogP contribution < -0.4 is 5.32 Å². The van der Waals surface area contributed by atoms with E-state index in [0.717, 1.165) is 56.0 Å². The molecule has 0 spiro atoms. The van der Waals surface area contributed by atoms with Crippen molar-refractivity contribution in [3.63, 3.8) is 0 Å². The Labute approximate surface area is 178 Å². The zero-order valence-corrected chi connectivity index (χ0v) is 17.8. The molecule has 1 atom stereocenters. The van der Waals surface area contributed by atoms with Crippen molar-refractivity contribution in [2.75, 3.05) is 44.6 Å². The van der Waals surface area contributed by atoms with Crippen molar-refractivity contribution in [1.82, 2.24) is 14.7 Å². The van der Waals surface area contributed by atoms with Crippen molar-refractivity contribution >= 4 is 17.5 Å². The molecule has 0 saturated carbocycles. The van der Waals surface area contributed by atoms with Crippen LogP contribution in [0.5, 0.6) is 0 Å². The number of hydrogen-bond acceptors (Lipinski definition) is 4. The van der Waals surface area contributed by atoms with E-state index in [1.54, 1.807) is 0 Å². The number of benzene rings is 2. The van der Waals surface area contributed by atoms with Gasteiger partial charge in [0, 0.05) is 55.1 Å². The molecule has 1 fully saturated rings. The van der Waals surface area contributed by atoms with E-state index in [-0.39, 0.29) is 18.0 Å². The summed E-state index contributed by atoms with van der Waals surface area (Å²) in [4.78, 5) is 32.0. The largest absolute Gasteiger partial charge is 0.361 e. The topological polar surface area (TPSA) is 55.9 Å². The Balaban J connectivity index is 1.53. The van der Waals surface area contributed by atoms with Gasteiger partial charge in [0.25, 0.3) is 11.8 Å². The zero-order valence-electron chi connectivity index (χ0n) is 17.8. The van der Waals surface area contributed by atoms with Crippen LogP contribution in [0.2, 0.25) is 0 Å². The minimum Gasteiger partial charge on any atom is -0.361 e. The minimum absolute atomic E-state index is 0.0611. The summed E-state index contributed by atoms with van der Waals surface area (Å²) in [6.07, 6.45) is 0.673. The molecule has 4 rings (SSSR count). The number of likely N-dealkylation sites (N-methyl/N-ethyl adjacent to an activating group) is 1. The SMILES string of the molecule is CCCN1C(=O)c2ccccc2[C@@H]1Nc1cccc(C(=O)N2CCN(CC)CC2)c1. The molecule has 0 unspecified atom stereocenters. The van der Waals surface area contributed by atoms with Gasteiger partial charge in [-0.25, -0.2) is 0 Å². The van der Waals surface area contributed by atoms with E-state index in [0.29, 0.717) is 12.1 Å². The predicted octanol–water partition coefficient (Wildman–Crippen LogP) is 3.44. The number of carbonyl (C=O) groups excluding carboxylic acids is 2. The molecule has 2 aromatic rings. The molecule has 30 heavy (non-hydrogen) atoms. The van der Waals surface area contributed by atoms with Gasteiger partial charge >= 0.3 is 0 Å². The highest BCUT2D eigenvalue weighted by atomic mass is 16.2. The van der Waals surface area contributed by atoms with Crippen LogP contribution in [0.4, 0.5) is 5.69 Å². The first-order chi connectivity index (χ1) is 14.6. The van der Waals surface area contributed by atoms with Gasteiger partial charge < -0.3 is 20.0 Å². The minimum atomic E-state index is -0.216.